The van der Waals surface area contributed by atoms with Crippen molar-refractivity contribution in [2.75, 3.05) is 20.6 Å². The molecule has 0 radical (unpaired) electrons. The predicted molar refractivity (Wildman–Crippen MR) is 81.0 cm³/mol. The second-order valence-corrected chi connectivity index (χ2v) is 7.65. The fourth-order valence-electron chi connectivity index (χ4n) is 2.01. The van der Waals surface area contributed by atoms with Crippen molar-refractivity contribution in [1.82, 2.24) is 0 Å². The van der Waals surface area contributed by atoms with E-state index in [-0.39, 0.29) is 0 Å². The van der Waals surface area contributed by atoms with E-state index in [0.717, 1.165) is 12.1 Å². The van der Waals surface area contributed by atoms with Crippen molar-refractivity contribution in [3.8, 4) is 0 Å². The number of hydrogen-bond acceptors (Lipinski definition) is 3. The zero-order valence-corrected chi connectivity index (χ0v) is 13.2. The highest BCUT2D eigenvalue weighted by molar-refractivity contribution is 7.86. The van der Waals surface area contributed by atoms with Crippen LogP contribution in [0.3, 0.4) is 0 Å². The first-order chi connectivity index (χ1) is 9.14. The molecule has 112 valence electrons. The topological polar surface area (TPSA) is 57.2 Å². The molecule has 0 saturated heterocycles. The molecule has 1 rings (SSSR count). The van der Waals surface area contributed by atoms with E-state index in [1.165, 1.54) is 12.5 Å². The van der Waals surface area contributed by atoms with Crippen LogP contribution < -0.4 is 0 Å². The van der Waals surface area contributed by atoms with Crippen LogP contribution in [0.1, 0.15) is 24.5 Å². The molecule has 4 nitrogen and oxygen atoms in total. The van der Waals surface area contributed by atoms with Crippen molar-refractivity contribution in [3.63, 3.8) is 0 Å². The van der Waals surface area contributed by atoms with Crippen LogP contribution in [-0.4, -0.2) is 43.3 Å². The van der Waals surface area contributed by atoms with Gasteiger partial charge in [-0.1, -0.05) is 36.9 Å². The van der Waals surface area contributed by atoms with Crippen LogP contribution in [0.5, 0.6) is 0 Å². The Kier molecular flexibility index (Phi) is 5.50. The van der Waals surface area contributed by atoms with E-state index >= 15 is 0 Å². The zero-order chi connectivity index (χ0) is 15.4. The molecule has 1 atom stereocenters. The van der Waals surface area contributed by atoms with E-state index < -0.39 is 15.4 Å². The highest BCUT2D eigenvalue weighted by Gasteiger charge is 2.19. The van der Waals surface area contributed by atoms with Crippen LogP contribution in [0.4, 0.5) is 0 Å². The van der Waals surface area contributed by atoms with Gasteiger partial charge in [-0.15, -0.1) is 0 Å². The summed E-state index contributed by atoms with van der Waals surface area (Å²) >= 11 is 0. The van der Waals surface area contributed by atoms with Gasteiger partial charge in [-0.25, -0.2) is 8.42 Å². The predicted octanol–water partition coefficient (Wildman–Crippen LogP) is 2.23. The van der Waals surface area contributed by atoms with Crippen LogP contribution in [0.25, 0.3) is 6.08 Å². The summed E-state index contributed by atoms with van der Waals surface area (Å²) in [7, 11) is -0.112. The first kappa shape index (κ1) is 16.9. The molecule has 1 aromatic rings. The maximum atomic E-state index is 10.9. The van der Waals surface area contributed by atoms with Crippen LogP contribution >= 0.6 is 0 Å². The summed E-state index contributed by atoms with van der Waals surface area (Å²) in [6.45, 7) is 6.63. The van der Waals surface area contributed by atoms with E-state index in [2.05, 4.69) is 6.58 Å². The molecule has 0 N–H and O–H groups in total. The number of quaternary nitrogens is 1. The molecule has 0 spiro atoms. The van der Waals surface area contributed by atoms with E-state index in [1.54, 1.807) is 6.08 Å². The van der Waals surface area contributed by atoms with Gasteiger partial charge in [0.15, 0.2) is 0 Å². The molecule has 0 amide bonds. The summed E-state index contributed by atoms with van der Waals surface area (Å²) in [6, 6.07) is 8.11. The molecule has 0 aliphatic rings. The highest BCUT2D eigenvalue weighted by atomic mass is 32.2. The van der Waals surface area contributed by atoms with Gasteiger partial charge in [0.2, 0.25) is 0 Å². The lowest BCUT2D eigenvalue weighted by Crippen LogP contribution is -2.41. The summed E-state index contributed by atoms with van der Waals surface area (Å²) in [5, 5.41) is -0.831. The molecule has 0 fully saturated rings. The maximum Gasteiger partial charge on any atom is 0.104 e. The second kappa shape index (κ2) is 6.52. The Bertz CT molecular complexity index is 547. The van der Waals surface area contributed by atoms with Crippen molar-refractivity contribution < 1.29 is 17.5 Å². The Hall–Kier alpha value is -1.17. The van der Waals surface area contributed by atoms with Gasteiger partial charge in [0.05, 0.1) is 36.0 Å². The van der Waals surface area contributed by atoms with Gasteiger partial charge >= 0.3 is 0 Å². The minimum Gasteiger partial charge on any atom is -0.748 e. The Labute approximate surface area is 122 Å². The van der Waals surface area contributed by atoms with Gasteiger partial charge in [0, 0.05) is 12.0 Å². The summed E-state index contributed by atoms with van der Waals surface area (Å²) in [5.74, 6) is 0. The molecule has 0 aliphatic heterocycles. The number of hydrogen-bond donors (Lipinski definition) is 0. The lowest BCUT2D eigenvalue weighted by molar-refractivity contribution is -0.903. The summed E-state index contributed by atoms with van der Waals surface area (Å²) in [5.41, 5.74) is 2.25. The number of benzene rings is 1. The normalized spacial score (nSPS) is 14.0. The fourth-order valence-corrected chi connectivity index (χ4v) is 2.40. The van der Waals surface area contributed by atoms with Gasteiger partial charge in [0.25, 0.3) is 0 Å². The Morgan fingerprint density at radius 3 is 2.30 bits per heavy atom. The average molecular weight is 297 g/mol. The molecule has 0 aromatic heterocycles. The SMILES string of the molecule is C=Cc1ccc(C[N+](C)(C)CCC(C)S(=O)(=O)[O-])cc1. The summed E-state index contributed by atoms with van der Waals surface area (Å²) < 4.78 is 33.4. The third-order valence-electron chi connectivity index (χ3n) is 3.46. The minimum absolute atomic E-state index is 0.379. The van der Waals surface area contributed by atoms with Crippen LogP contribution in [0.15, 0.2) is 30.8 Å². The maximum absolute atomic E-state index is 10.9. The van der Waals surface area contributed by atoms with Crippen LogP contribution in [-0.2, 0) is 16.7 Å². The fraction of sp³-hybridized carbons (Fsp3) is 0.467. The molecule has 0 heterocycles. The Balaban J connectivity index is 2.62. The third kappa shape index (κ3) is 5.45. The molecule has 1 aromatic carbocycles. The number of nitrogens with zero attached hydrogens (tertiary/aromatic N) is 1. The van der Waals surface area contributed by atoms with Gasteiger partial charge < -0.3 is 9.04 Å². The molecule has 5 heteroatoms. The van der Waals surface area contributed by atoms with Gasteiger partial charge in [0.1, 0.15) is 6.54 Å². The molecule has 0 saturated carbocycles. The second-order valence-electron chi connectivity index (χ2n) is 5.86. The lowest BCUT2D eigenvalue weighted by atomic mass is 10.1. The van der Waals surface area contributed by atoms with E-state index in [4.69, 9.17) is 0 Å². The highest BCUT2D eigenvalue weighted by Crippen LogP contribution is 2.14. The largest absolute Gasteiger partial charge is 0.748 e. The standard InChI is InChI=1S/C15H23NO3S/c1-5-14-6-8-15(9-7-14)12-16(3,4)11-10-13(2)20(17,18)19/h5-9,13H,1,10-12H2,2-4H3. The van der Waals surface area contributed by atoms with Crippen molar-refractivity contribution >= 4 is 16.2 Å². The minimum atomic E-state index is -4.18. The van der Waals surface area contributed by atoms with Crippen molar-refractivity contribution in [2.24, 2.45) is 0 Å². The van der Waals surface area contributed by atoms with Crippen molar-refractivity contribution in [2.45, 2.75) is 25.1 Å². The van der Waals surface area contributed by atoms with Crippen molar-refractivity contribution in [1.29, 1.82) is 0 Å². The van der Waals surface area contributed by atoms with Crippen LogP contribution in [0.2, 0.25) is 0 Å². The van der Waals surface area contributed by atoms with Gasteiger partial charge in [-0.3, -0.25) is 0 Å². The first-order valence-corrected chi connectivity index (χ1v) is 8.09. The number of rotatable bonds is 7. The molecule has 0 aliphatic carbocycles. The molecule has 0 bridgehead atoms. The average Bonchev–Trinajstić information content (AvgIpc) is 2.35. The van der Waals surface area contributed by atoms with Gasteiger partial charge in [-0.05, 0) is 12.5 Å². The van der Waals surface area contributed by atoms with E-state index in [0.29, 0.717) is 17.4 Å². The molecule has 20 heavy (non-hydrogen) atoms. The first-order valence-electron chi connectivity index (χ1n) is 6.62. The lowest BCUT2D eigenvalue weighted by Gasteiger charge is -2.31. The quantitative estimate of drug-likeness (QED) is 0.573. The molecular formula is C15H23NO3S. The third-order valence-corrected chi connectivity index (χ3v) is 4.68. The Morgan fingerprint density at radius 1 is 1.30 bits per heavy atom. The van der Waals surface area contributed by atoms with Crippen molar-refractivity contribution in [3.05, 3.63) is 42.0 Å². The molecule has 1 unspecified atom stereocenters. The smallest absolute Gasteiger partial charge is 0.104 e. The van der Waals surface area contributed by atoms with Gasteiger partial charge in [-0.2, -0.15) is 0 Å². The molecular weight excluding hydrogens is 274 g/mol. The van der Waals surface area contributed by atoms with Crippen LogP contribution in [0, 0.1) is 0 Å². The Morgan fingerprint density at radius 2 is 1.85 bits per heavy atom. The monoisotopic (exact) mass is 297 g/mol. The zero-order valence-electron chi connectivity index (χ0n) is 12.4. The summed E-state index contributed by atoms with van der Waals surface area (Å²) in [4.78, 5) is 0. The summed E-state index contributed by atoms with van der Waals surface area (Å²) in [6.07, 6.45) is 2.17. The van der Waals surface area contributed by atoms with E-state index in [1.807, 2.05) is 38.4 Å². The van der Waals surface area contributed by atoms with E-state index in [9.17, 15) is 13.0 Å².